The van der Waals surface area contributed by atoms with Crippen molar-refractivity contribution < 1.29 is 9.18 Å². The van der Waals surface area contributed by atoms with Crippen LogP contribution < -0.4 is 5.32 Å². The highest BCUT2D eigenvalue weighted by molar-refractivity contribution is 7.80. The molecular formula is C13H18FNOS. The van der Waals surface area contributed by atoms with Gasteiger partial charge in [-0.25, -0.2) is 4.39 Å². The number of halogens is 1. The summed E-state index contributed by atoms with van der Waals surface area (Å²) in [7, 11) is 0. The number of nitrogens with one attached hydrogen (secondary N) is 1. The molecule has 0 radical (unpaired) electrons. The molecule has 2 nitrogen and oxygen atoms in total. The van der Waals surface area contributed by atoms with Crippen LogP contribution in [0.4, 0.5) is 4.39 Å². The molecule has 1 N–H and O–H groups in total. The number of hydrogen-bond donors (Lipinski definition) is 2. The molecule has 1 unspecified atom stereocenters. The Morgan fingerprint density at radius 3 is 2.53 bits per heavy atom. The minimum absolute atomic E-state index is 0.0357. The first-order valence-electron chi connectivity index (χ1n) is 5.51. The number of carbonyl (C=O) groups is 1. The summed E-state index contributed by atoms with van der Waals surface area (Å²) in [6.45, 7) is 7.95. The molecule has 0 bridgehead atoms. The highest BCUT2D eigenvalue weighted by atomic mass is 32.1. The van der Waals surface area contributed by atoms with Crippen molar-refractivity contribution in [3.8, 4) is 0 Å². The number of thiol groups is 1. The third kappa shape index (κ3) is 3.73. The molecule has 94 valence electrons. The first kappa shape index (κ1) is 14.0. The lowest BCUT2D eigenvalue weighted by atomic mass is 9.88. The number of benzene rings is 1. The van der Waals surface area contributed by atoms with E-state index in [0.717, 1.165) is 0 Å². The molecule has 4 heteroatoms. The van der Waals surface area contributed by atoms with Crippen LogP contribution in [0, 0.1) is 11.2 Å². The minimum Gasteiger partial charge on any atom is -0.349 e. The van der Waals surface area contributed by atoms with Gasteiger partial charge >= 0.3 is 0 Å². The van der Waals surface area contributed by atoms with Gasteiger partial charge in [-0.1, -0.05) is 20.8 Å². The fourth-order valence-electron chi connectivity index (χ4n) is 1.18. The molecule has 1 atom stereocenters. The van der Waals surface area contributed by atoms with Crippen LogP contribution in [-0.4, -0.2) is 11.9 Å². The zero-order chi connectivity index (χ0) is 13.2. The summed E-state index contributed by atoms with van der Waals surface area (Å²) in [5.74, 6) is -0.928. The van der Waals surface area contributed by atoms with E-state index in [1.807, 2.05) is 27.7 Å². The van der Waals surface area contributed by atoms with Gasteiger partial charge in [0.15, 0.2) is 0 Å². The van der Waals surface area contributed by atoms with Gasteiger partial charge in [-0.15, -0.1) is 12.6 Å². The maximum absolute atomic E-state index is 13.5. The van der Waals surface area contributed by atoms with Gasteiger partial charge in [0.1, 0.15) is 5.82 Å². The van der Waals surface area contributed by atoms with Crippen LogP contribution in [0.5, 0.6) is 0 Å². The van der Waals surface area contributed by atoms with Crippen LogP contribution in [0.3, 0.4) is 0 Å². The second kappa shape index (κ2) is 5.08. The van der Waals surface area contributed by atoms with Crippen molar-refractivity contribution in [3.05, 3.63) is 29.6 Å². The van der Waals surface area contributed by atoms with Gasteiger partial charge < -0.3 is 5.32 Å². The number of amides is 1. The van der Waals surface area contributed by atoms with Crippen molar-refractivity contribution in [1.29, 1.82) is 0 Å². The van der Waals surface area contributed by atoms with Crippen LogP contribution in [0.25, 0.3) is 0 Å². The normalized spacial score (nSPS) is 13.3. The standard InChI is InChI=1S/C13H18FNOS/c1-8(13(2,3)4)15-12(16)10-7-9(17)5-6-11(10)14/h5-8,17H,1-4H3,(H,15,16). The lowest BCUT2D eigenvalue weighted by Crippen LogP contribution is -2.41. The summed E-state index contributed by atoms with van der Waals surface area (Å²) < 4.78 is 13.5. The van der Waals surface area contributed by atoms with Crippen molar-refractivity contribution >= 4 is 18.5 Å². The third-order valence-electron chi connectivity index (χ3n) is 2.84. The van der Waals surface area contributed by atoms with Crippen LogP contribution in [-0.2, 0) is 0 Å². The van der Waals surface area contributed by atoms with E-state index in [-0.39, 0.29) is 17.0 Å². The number of hydrogen-bond acceptors (Lipinski definition) is 2. The average molecular weight is 255 g/mol. The molecule has 0 aliphatic heterocycles. The first-order chi connectivity index (χ1) is 7.71. The van der Waals surface area contributed by atoms with E-state index in [4.69, 9.17) is 0 Å². The first-order valence-corrected chi connectivity index (χ1v) is 5.96. The quantitative estimate of drug-likeness (QED) is 0.780. The van der Waals surface area contributed by atoms with E-state index < -0.39 is 11.7 Å². The van der Waals surface area contributed by atoms with Crippen LogP contribution in [0.15, 0.2) is 23.1 Å². The number of rotatable bonds is 2. The minimum atomic E-state index is -0.526. The summed E-state index contributed by atoms with van der Waals surface area (Å²) >= 11 is 4.10. The Hall–Kier alpha value is -1.03. The third-order valence-corrected chi connectivity index (χ3v) is 3.12. The largest absolute Gasteiger partial charge is 0.349 e. The van der Waals surface area contributed by atoms with Crippen LogP contribution in [0.2, 0.25) is 0 Å². The predicted octanol–water partition coefficient (Wildman–Crippen LogP) is 3.28. The van der Waals surface area contributed by atoms with E-state index >= 15 is 0 Å². The molecule has 0 heterocycles. The summed E-state index contributed by atoms with van der Waals surface area (Å²) in [5, 5.41) is 2.79. The van der Waals surface area contributed by atoms with Gasteiger partial charge in [0.05, 0.1) is 5.56 Å². The molecule has 0 saturated heterocycles. The molecule has 0 fully saturated rings. The van der Waals surface area contributed by atoms with Gasteiger partial charge in [0.2, 0.25) is 0 Å². The molecule has 0 saturated carbocycles. The summed E-state index contributed by atoms with van der Waals surface area (Å²) in [6, 6.07) is 4.16. The Morgan fingerprint density at radius 1 is 1.41 bits per heavy atom. The molecule has 1 rings (SSSR count). The molecule has 1 aromatic carbocycles. The lowest BCUT2D eigenvalue weighted by molar-refractivity contribution is 0.0905. The lowest BCUT2D eigenvalue weighted by Gasteiger charge is -2.28. The Bertz CT molecular complexity index is 426. The van der Waals surface area contributed by atoms with Crippen molar-refractivity contribution in [2.24, 2.45) is 5.41 Å². The Morgan fingerprint density at radius 2 is 2.00 bits per heavy atom. The molecule has 0 aromatic heterocycles. The summed E-state index contributed by atoms with van der Waals surface area (Å²) in [4.78, 5) is 12.5. The molecule has 17 heavy (non-hydrogen) atoms. The van der Waals surface area contributed by atoms with Gasteiger partial charge in [0.25, 0.3) is 5.91 Å². The van der Waals surface area contributed by atoms with E-state index in [1.165, 1.54) is 18.2 Å². The molecule has 0 spiro atoms. The topological polar surface area (TPSA) is 29.1 Å². The molecule has 0 aliphatic carbocycles. The zero-order valence-electron chi connectivity index (χ0n) is 10.5. The Labute approximate surface area is 107 Å². The van der Waals surface area contributed by atoms with Crippen molar-refractivity contribution in [3.63, 3.8) is 0 Å². The van der Waals surface area contributed by atoms with Gasteiger partial charge in [0, 0.05) is 10.9 Å². The highest BCUT2D eigenvalue weighted by Crippen LogP contribution is 2.20. The van der Waals surface area contributed by atoms with E-state index in [9.17, 15) is 9.18 Å². The van der Waals surface area contributed by atoms with Crippen LogP contribution in [0.1, 0.15) is 38.1 Å². The number of carbonyl (C=O) groups excluding carboxylic acids is 1. The molecule has 0 aliphatic rings. The van der Waals surface area contributed by atoms with Crippen molar-refractivity contribution in [2.75, 3.05) is 0 Å². The van der Waals surface area contributed by atoms with Gasteiger partial charge in [-0.2, -0.15) is 0 Å². The predicted molar refractivity (Wildman–Crippen MR) is 70.0 cm³/mol. The van der Waals surface area contributed by atoms with E-state index in [2.05, 4.69) is 17.9 Å². The highest BCUT2D eigenvalue weighted by Gasteiger charge is 2.23. The van der Waals surface area contributed by atoms with Gasteiger partial charge in [-0.05, 0) is 30.5 Å². The SMILES string of the molecule is CC(NC(=O)c1cc(S)ccc1F)C(C)(C)C. The Kier molecular flexibility index (Phi) is 4.20. The second-order valence-corrected chi connectivity index (χ2v) is 5.74. The van der Waals surface area contributed by atoms with E-state index in [1.54, 1.807) is 0 Å². The average Bonchev–Trinajstić information content (AvgIpc) is 2.20. The summed E-state index contributed by atoms with van der Waals surface area (Å²) in [5.41, 5.74) is -0.0290. The zero-order valence-corrected chi connectivity index (χ0v) is 11.4. The maximum Gasteiger partial charge on any atom is 0.254 e. The summed E-state index contributed by atoms with van der Waals surface area (Å²) in [6.07, 6.45) is 0. The van der Waals surface area contributed by atoms with Crippen molar-refractivity contribution in [1.82, 2.24) is 5.32 Å². The maximum atomic E-state index is 13.5. The van der Waals surface area contributed by atoms with Crippen LogP contribution >= 0.6 is 12.6 Å². The fraction of sp³-hybridized carbons (Fsp3) is 0.462. The fourth-order valence-corrected chi connectivity index (χ4v) is 1.38. The molecule has 1 aromatic rings. The monoisotopic (exact) mass is 255 g/mol. The molecule has 1 amide bonds. The van der Waals surface area contributed by atoms with E-state index in [0.29, 0.717) is 4.90 Å². The Balaban J connectivity index is 2.87. The smallest absolute Gasteiger partial charge is 0.254 e. The second-order valence-electron chi connectivity index (χ2n) is 5.23. The van der Waals surface area contributed by atoms with Crippen molar-refractivity contribution in [2.45, 2.75) is 38.6 Å². The molecular weight excluding hydrogens is 237 g/mol. The van der Waals surface area contributed by atoms with Gasteiger partial charge in [-0.3, -0.25) is 4.79 Å².